The molecule has 2 rings (SSSR count). The van der Waals surface area contributed by atoms with Gasteiger partial charge in [-0.3, -0.25) is 14.5 Å². The predicted octanol–water partition coefficient (Wildman–Crippen LogP) is 3.41. The fraction of sp³-hybridized carbons (Fsp3) is 0.222. The molecule has 0 saturated carbocycles. The lowest BCUT2D eigenvalue weighted by Gasteiger charge is -2.23. The van der Waals surface area contributed by atoms with Gasteiger partial charge >= 0.3 is 5.97 Å². The van der Waals surface area contributed by atoms with Gasteiger partial charge in [-0.15, -0.1) is 0 Å². The molecule has 24 heavy (non-hydrogen) atoms. The second kappa shape index (κ2) is 8.01. The predicted molar refractivity (Wildman–Crippen MR) is 89.5 cm³/mol. The summed E-state index contributed by atoms with van der Waals surface area (Å²) in [6.07, 6.45) is 1.14. The van der Waals surface area contributed by atoms with Crippen molar-refractivity contribution >= 4 is 23.3 Å². The second-order valence-electron chi connectivity index (χ2n) is 5.36. The van der Waals surface area contributed by atoms with Crippen LogP contribution in [0.2, 0.25) is 0 Å². The second-order valence-corrected chi connectivity index (χ2v) is 5.36. The number of carboxylic acid groups (broad SMARTS) is 1. The van der Waals surface area contributed by atoms with Crippen LogP contribution in [-0.4, -0.2) is 27.2 Å². The number of carboxylic acids is 1. The summed E-state index contributed by atoms with van der Waals surface area (Å²) in [5, 5.41) is 27.5. The molecular formula is C18H19NO5. The minimum atomic E-state index is -0.878. The van der Waals surface area contributed by atoms with Crippen molar-refractivity contribution in [3.8, 4) is 11.5 Å². The maximum atomic E-state index is 12.6. The van der Waals surface area contributed by atoms with Crippen molar-refractivity contribution in [2.45, 2.75) is 25.7 Å². The molecule has 0 aliphatic rings. The van der Waals surface area contributed by atoms with E-state index in [9.17, 15) is 19.8 Å². The zero-order valence-electron chi connectivity index (χ0n) is 13.1. The first-order valence-corrected chi connectivity index (χ1v) is 7.60. The maximum Gasteiger partial charge on any atom is 0.303 e. The van der Waals surface area contributed by atoms with E-state index in [4.69, 9.17) is 5.11 Å². The van der Waals surface area contributed by atoms with E-state index in [1.54, 1.807) is 24.3 Å². The molecule has 0 bridgehead atoms. The van der Waals surface area contributed by atoms with Crippen molar-refractivity contribution in [2.24, 2.45) is 0 Å². The Balaban J connectivity index is 2.19. The first-order chi connectivity index (χ1) is 11.5. The van der Waals surface area contributed by atoms with Crippen molar-refractivity contribution in [1.82, 2.24) is 0 Å². The normalized spacial score (nSPS) is 10.3. The molecule has 0 heterocycles. The first-order valence-electron chi connectivity index (χ1n) is 7.60. The number of rotatable bonds is 7. The lowest BCUT2D eigenvalue weighted by atomic mass is 10.1. The Morgan fingerprint density at radius 3 is 1.58 bits per heavy atom. The third kappa shape index (κ3) is 4.74. The molecule has 0 atom stereocenters. The van der Waals surface area contributed by atoms with E-state index < -0.39 is 5.97 Å². The molecule has 6 heteroatoms. The van der Waals surface area contributed by atoms with Crippen LogP contribution in [0, 0.1) is 0 Å². The molecule has 0 saturated heterocycles. The number of amides is 1. The van der Waals surface area contributed by atoms with Crippen LogP contribution in [0.4, 0.5) is 11.4 Å². The van der Waals surface area contributed by atoms with E-state index in [2.05, 4.69) is 0 Å². The van der Waals surface area contributed by atoms with Crippen LogP contribution in [0.3, 0.4) is 0 Å². The number of hydrogen-bond acceptors (Lipinski definition) is 4. The minimum absolute atomic E-state index is 0.0334. The minimum Gasteiger partial charge on any atom is -0.508 e. The Hall–Kier alpha value is -3.02. The van der Waals surface area contributed by atoms with E-state index >= 15 is 0 Å². The Labute approximate surface area is 139 Å². The van der Waals surface area contributed by atoms with Gasteiger partial charge in [0, 0.05) is 24.2 Å². The molecule has 0 radical (unpaired) electrons. The summed E-state index contributed by atoms with van der Waals surface area (Å²) in [5.41, 5.74) is 1.17. The molecule has 1 amide bonds. The van der Waals surface area contributed by atoms with Gasteiger partial charge < -0.3 is 15.3 Å². The number of benzene rings is 2. The maximum absolute atomic E-state index is 12.6. The first kappa shape index (κ1) is 17.3. The molecule has 0 aliphatic carbocycles. The summed E-state index contributed by atoms with van der Waals surface area (Å²) in [4.78, 5) is 24.6. The molecule has 0 fully saturated rings. The quantitative estimate of drug-likeness (QED) is 0.676. The largest absolute Gasteiger partial charge is 0.508 e. The molecule has 3 N–H and O–H groups in total. The zero-order valence-corrected chi connectivity index (χ0v) is 13.1. The number of carbonyl (C=O) groups is 2. The van der Waals surface area contributed by atoms with Crippen molar-refractivity contribution in [1.29, 1.82) is 0 Å². The lowest BCUT2D eigenvalue weighted by Crippen LogP contribution is -2.25. The number of nitrogens with zero attached hydrogens (tertiary/aromatic N) is 1. The van der Waals surface area contributed by atoms with Crippen LogP contribution in [0.1, 0.15) is 25.7 Å². The topological polar surface area (TPSA) is 98.1 Å². The molecule has 2 aromatic carbocycles. The Morgan fingerprint density at radius 1 is 0.750 bits per heavy atom. The monoisotopic (exact) mass is 329 g/mol. The van der Waals surface area contributed by atoms with Crippen molar-refractivity contribution in [3.63, 3.8) is 0 Å². The SMILES string of the molecule is O=C(O)CCCCC(=O)N(c1ccc(O)cc1)c1ccc(O)cc1. The van der Waals surface area contributed by atoms with E-state index in [0.29, 0.717) is 24.2 Å². The number of phenols is 2. The molecule has 0 aliphatic heterocycles. The van der Waals surface area contributed by atoms with Gasteiger partial charge in [0.05, 0.1) is 0 Å². The fourth-order valence-electron chi connectivity index (χ4n) is 2.30. The summed E-state index contributed by atoms with van der Waals surface area (Å²) in [6, 6.07) is 12.4. The number of aliphatic carboxylic acids is 1. The molecule has 0 unspecified atom stereocenters. The van der Waals surface area contributed by atoms with Crippen LogP contribution in [0.25, 0.3) is 0 Å². The third-order valence-electron chi connectivity index (χ3n) is 3.50. The molecule has 126 valence electrons. The van der Waals surface area contributed by atoms with Crippen LogP contribution in [-0.2, 0) is 9.59 Å². The lowest BCUT2D eigenvalue weighted by molar-refractivity contribution is -0.137. The number of carbonyl (C=O) groups excluding carboxylic acids is 1. The van der Waals surface area contributed by atoms with Gasteiger partial charge in [-0.05, 0) is 61.4 Å². The van der Waals surface area contributed by atoms with Gasteiger partial charge in [-0.2, -0.15) is 0 Å². The van der Waals surface area contributed by atoms with E-state index in [-0.39, 0.29) is 30.2 Å². The van der Waals surface area contributed by atoms with Crippen LogP contribution < -0.4 is 4.90 Å². The van der Waals surface area contributed by atoms with Gasteiger partial charge in [-0.25, -0.2) is 0 Å². The molecule has 0 aromatic heterocycles. The number of anilines is 2. The van der Waals surface area contributed by atoms with Crippen LogP contribution in [0.15, 0.2) is 48.5 Å². The average Bonchev–Trinajstić information content (AvgIpc) is 2.55. The van der Waals surface area contributed by atoms with Crippen molar-refractivity contribution in [3.05, 3.63) is 48.5 Å². The molecular weight excluding hydrogens is 310 g/mol. The van der Waals surface area contributed by atoms with Crippen molar-refractivity contribution in [2.75, 3.05) is 4.90 Å². The summed E-state index contributed by atoms with van der Waals surface area (Å²) < 4.78 is 0. The van der Waals surface area contributed by atoms with Gasteiger partial charge in [0.2, 0.25) is 5.91 Å². The highest BCUT2D eigenvalue weighted by molar-refractivity contribution is 6.00. The summed E-state index contributed by atoms with van der Waals surface area (Å²) in [5.74, 6) is -0.871. The van der Waals surface area contributed by atoms with Gasteiger partial charge in [0.15, 0.2) is 0 Å². The highest BCUT2D eigenvalue weighted by Crippen LogP contribution is 2.29. The smallest absolute Gasteiger partial charge is 0.303 e. The number of aromatic hydroxyl groups is 2. The Bertz CT molecular complexity index is 649. The average molecular weight is 329 g/mol. The summed E-state index contributed by atoms with van der Waals surface area (Å²) in [7, 11) is 0. The zero-order chi connectivity index (χ0) is 17.5. The number of unbranched alkanes of at least 4 members (excludes halogenated alkanes) is 1. The fourth-order valence-corrected chi connectivity index (χ4v) is 2.30. The Morgan fingerprint density at radius 2 is 1.17 bits per heavy atom. The van der Waals surface area contributed by atoms with E-state index in [1.165, 1.54) is 29.2 Å². The standard InChI is InChI=1S/C18H19NO5/c20-15-9-5-13(6-10-15)19(14-7-11-16(21)12-8-14)17(22)3-1-2-4-18(23)24/h5-12,20-21H,1-4H2,(H,23,24). The Kier molecular flexibility index (Phi) is 5.78. The van der Waals surface area contributed by atoms with Crippen molar-refractivity contribution < 1.29 is 24.9 Å². The van der Waals surface area contributed by atoms with E-state index in [1.807, 2.05) is 0 Å². The molecule has 2 aromatic rings. The highest BCUT2D eigenvalue weighted by Gasteiger charge is 2.18. The number of hydrogen-bond donors (Lipinski definition) is 3. The van der Waals surface area contributed by atoms with Gasteiger partial charge in [0.1, 0.15) is 11.5 Å². The molecule has 0 spiro atoms. The van der Waals surface area contributed by atoms with Crippen LogP contribution >= 0.6 is 0 Å². The van der Waals surface area contributed by atoms with E-state index in [0.717, 1.165) is 0 Å². The molecule has 6 nitrogen and oxygen atoms in total. The highest BCUT2D eigenvalue weighted by atomic mass is 16.4. The van der Waals surface area contributed by atoms with Crippen LogP contribution in [0.5, 0.6) is 11.5 Å². The number of phenolic OH excluding ortho intramolecular Hbond substituents is 2. The van der Waals surface area contributed by atoms with Gasteiger partial charge in [-0.1, -0.05) is 0 Å². The summed E-state index contributed by atoms with van der Waals surface area (Å²) in [6.45, 7) is 0. The van der Waals surface area contributed by atoms with Gasteiger partial charge in [0.25, 0.3) is 0 Å². The summed E-state index contributed by atoms with van der Waals surface area (Å²) >= 11 is 0. The third-order valence-corrected chi connectivity index (χ3v) is 3.50.